The molecule has 0 aliphatic rings. The van der Waals surface area contributed by atoms with Gasteiger partial charge in [0.25, 0.3) is 0 Å². The van der Waals surface area contributed by atoms with Gasteiger partial charge in [0, 0.05) is 4.48 Å². The summed E-state index contributed by atoms with van der Waals surface area (Å²) in [6, 6.07) is 8.15. The van der Waals surface area contributed by atoms with Crippen LogP contribution in [0.3, 0.4) is 0 Å². The molecule has 0 aliphatic heterocycles. The van der Waals surface area contributed by atoms with E-state index in [1.54, 1.807) is 0 Å². The number of hydrogen-bond acceptors (Lipinski definition) is 0. The molecule has 1 aromatic carbocycles. The molecule has 0 fully saturated rings. The first-order valence-electron chi connectivity index (χ1n) is 3.82. The molecular formula is C11H11Br. The molecule has 62 valence electrons. The van der Waals surface area contributed by atoms with E-state index in [2.05, 4.69) is 34.7 Å². The molecular weight excluding hydrogens is 212 g/mol. The Kier molecular flexibility index (Phi) is 3.30. The Bertz CT molecular complexity index is 311. The van der Waals surface area contributed by atoms with Gasteiger partial charge in [0.05, 0.1) is 0 Å². The summed E-state index contributed by atoms with van der Waals surface area (Å²) in [7, 11) is 0. The van der Waals surface area contributed by atoms with Gasteiger partial charge in [-0.25, -0.2) is 0 Å². The molecule has 0 unspecified atom stereocenters. The second kappa shape index (κ2) is 4.27. The molecule has 0 atom stereocenters. The van der Waals surface area contributed by atoms with Gasteiger partial charge in [-0.2, -0.15) is 0 Å². The van der Waals surface area contributed by atoms with E-state index in [-0.39, 0.29) is 0 Å². The molecule has 1 rings (SSSR count). The minimum atomic E-state index is 0.927. The highest BCUT2D eigenvalue weighted by Gasteiger charge is 1.98. The number of allylic oxidation sites excluding steroid dienone is 1. The molecule has 1 heteroatoms. The first kappa shape index (κ1) is 9.27. The summed E-state index contributed by atoms with van der Waals surface area (Å²) in [5.74, 6) is 0. The molecule has 0 aromatic heterocycles. The topological polar surface area (TPSA) is 0 Å². The number of rotatable bonds is 2. The zero-order chi connectivity index (χ0) is 8.97. The van der Waals surface area contributed by atoms with Gasteiger partial charge in [-0.1, -0.05) is 58.9 Å². The van der Waals surface area contributed by atoms with Gasteiger partial charge in [0.15, 0.2) is 0 Å². The molecule has 0 saturated carbocycles. The predicted octanol–water partition coefficient (Wildman–Crippen LogP) is 4.09. The van der Waals surface area contributed by atoms with E-state index in [1.807, 2.05) is 31.2 Å². The number of halogens is 1. The molecule has 0 amide bonds. The van der Waals surface area contributed by atoms with Crippen LogP contribution in [0, 0.1) is 0 Å². The second-order valence-corrected chi connectivity index (χ2v) is 3.45. The lowest BCUT2D eigenvalue weighted by Gasteiger charge is -2.02. The van der Waals surface area contributed by atoms with Crippen LogP contribution in [0.2, 0.25) is 0 Å². The normalized spacial score (nSPS) is 10.5. The van der Waals surface area contributed by atoms with Crippen molar-refractivity contribution in [2.24, 2.45) is 0 Å². The van der Waals surface area contributed by atoms with Crippen LogP contribution in [0.15, 0.2) is 36.9 Å². The number of benzene rings is 1. The smallest absolute Gasteiger partial charge is 0.0181 e. The van der Waals surface area contributed by atoms with Crippen molar-refractivity contribution in [2.75, 3.05) is 0 Å². The largest absolute Gasteiger partial charge is 0.0870 e. The van der Waals surface area contributed by atoms with Crippen LogP contribution in [-0.2, 0) is 0 Å². The van der Waals surface area contributed by atoms with Gasteiger partial charge in [0.1, 0.15) is 0 Å². The second-order valence-electron chi connectivity index (χ2n) is 2.49. The summed E-state index contributed by atoms with van der Waals surface area (Å²) in [6.45, 7) is 5.86. The highest BCUT2D eigenvalue weighted by molar-refractivity contribution is 9.15. The fourth-order valence-electron chi connectivity index (χ4n) is 1.07. The van der Waals surface area contributed by atoms with Gasteiger partial charge < -0.3 is 0 Å². The molecule has 1 aromatic rings. The van der Waals surface area contributed by atoms with E-state index in [4.69, 9.17) is 0 Å². The summed E-state index contributed by atoms with van der Waals surface area (Å²) >= 11 is 3.37. The maximum Gasteiger partial charge on any atom is 0.0181 e. The number of hydrogen-bond donors (Lipinski definition) is 0. The summed E-state index contributed by atoms with van der Waals surface area (Å²) in [5, 5.41) is 0. The maximum atomic E-state index is 3.85. The SMILES string of the molecule is C=C(Br)c1ccccc1/C=C\C. The molecule has 0 N–H and O–H groups in total. The highest BCUT2D eigenvalue weighted by atomic mass is 79.9. The molecule has 0 spiro atoms. The van der Waals surface area contributed by atoms with Gasteiger partial charge in [0.2, 0.25) is 0 Å². The van der Waals surface area contributed by atoms with Crippen molar-refractivity contribution >= 4 is 26.5 Å². The van der Waals surface area contributed by atoms with Crippen LogP contribution >= 0.6 is 15.9 Å². The highest BCUT2D eigenvalue weighted by Crippen LogP contribution is 2.23. The van der Waals surface area contributed by atoms with E-state index >= 15 is 0 Å². The van der Waals surface area contributed by atoms with Crippen molar-refractivity contribution in [2.45, 2.75) is 6.92 Å². The summed E-state index contributed by atoms with van der Waals surface area (Å²) in [6.07, 6.45) is 4.09. The van der Waals surface area contributed by atoms with Crippen molar-refractivity contribution in [3.8, 4) is 0 Å². The van der Waals surface area contributed by atoms with Crippen molar-refractivity contribution < 1.29 is 0 Å². The Hall–Kier alpha value is -0.820. The summed E-state index contributed by atoms with van der Waals surface area (Å²) in [5.41, 5.74) is 2.34. The molecule has 0 saturated heterocycles. The zero-order valence-electron chi connectivity index (χ0n) is 7.05. The Morgan fingerprint density at radius 3 is 2.67 bits per heavy atom. The Balaban J connectivity index is 3.17. The van der Waals surface area contributed by atoms with Crippen molar-refractivity contribution in [3.63, 3.8) is 0 Å². The van der Waals surface area contributed by atoms with Crippen molar-refractivity contribution in [3.05, 3.63) is 48.0 Å². The third kappa shape index (κ3) is 2.08. The van der Waals surface area contributed by atoms with Crippen LogP contribution in [0.25, 0.3) is 10.6 Å². The Morgan fingerprint density at radius 1 is 1.42 bits per heavy atom. The minimum Gasteiger partial charge on any atom is -0.0870 e. The van der Waals surface area contributed by atoms with Crippen LogP contribution in [-0.4, -0.2) is 0 Å². The lowest BCUT2D eigenvalue weighted by Crippen LogP contribution is -1.80. The first-order chi connectivity index (χ1) is 5.75. The first-order valence-corrected chi connectivity index (χ1v) is 4.61. The van der Waals surface area contributed by atoms with Crippen LogP contribution in [0.5, 0.6) is 0 Å². The summed E-state index contributed by atoms with van der Waals surface area (Å²) < 4.78 is 0.927. The van der Waals surface area contributed by atoms with Crippen LogP contribution < -0.4 is 0 Å². The van der Waals surface area contributed by atoms with E-state index in [0.29, 0.717) is 0 Å². The fourth-order valence-corrected chi connectivity index (χ4v) is 1.43. The quantitative estimate of drug-likeness (QED) is 0.708. The molecule has 0 heterocycles. The molecule has 0 aliphatic carbocycles. The van der Waals surface area contributed by atoms with Crippen molar-refractivity contribution in [1.82, 2.24) is 0 Å². The van der Waals surface area contributed by atoms with Gasteiger partial charge in [-0.15, -0.1) is 0 Å². The van der Waals surface area contributed by atoms with Gasteiger partial charge in [-0.3, -0.25) is 0 Å². The average molecular weight is 223 g/mol. The average Bonchev–Trinajstić information content (AvgIpc) is 2.05. The van der Waals surface area contributed by atoms with Gasteiger partial charge in [-0.05, 0) is 18.1 Å². The third-order valence-corrected chi connectivity index (χ3v) is 2.03. The zero-order valence-corrected chi connectivity index (χ0v) is 8.64. The van der Waals surface area contributed by atoms with E-state index < -0.39 is 0 Å². The molecule has 12 heavy (non-hydrogen) atoms. The standard InChI is InChI=1S/C11H11Br/c1-3-6-10-7-4-5-8-11(10)9(2)12/h3-8H,2H2,1H3/b6-3-. The molecule has 0 bridgehead atoms. The monoisotopic (exact) mass is 222 g/mol. The minimum absolute atomic E-state index is 0.927. The lowest BCUT2D eigenvalue weighted by atomic mass is 10.1. The van der Waals surface area contributed by atoms with E-state index in [1.165, 1.54) is 5.56 Å². The summed E-state index contributed by atoms with van der Waals surface area (Å²) in [4.78, 5) is 0. The third-order valence-electron chi connectivity index (χ3n) is 1.60. The van der Waals surface area contributed by atoms with Gasteiger partial charge >= 0.3 is 0 Å². The maximum absolute atomic E-state index is 3.85. The Morgan fingerprint density at radius 2 is 2.08 bits per heavy atom. The van der Waals surface area contributed by atoms with E-state index in [0.717, 1.165) is 10.0 Å². The lowest BCUT2D eigenvalue weighted by molar-refractivity contribution is 1.60. The Labute approximate surface area is 81.7 Å². The van der Waals surface area contributed by atoms with E-state index in [9.17, 15) is 0 Å². The fraction of sp³-hybridized carbons (Fsp3) is 0.0909. The van der Waals surface area contributed by atoms with Crippen LogP contribution in [0.1, 0.15) is 18.1 Å². The molecule has 0 radical (unpaired) electrons. The van der Waals surface area contributed by atoms with Crippen molar-refractivity contribution in [1.29, 1.82) is 0 Å². The molecule has 0 nitrogen and oxygen atoms in total. The predicted molar refractivity (Wildman–Crippen MR) is 59.1 cm³/mol. The van der Waals surface area contributed by atoms with Crippen LogP contribution in [0.4, 0.5) is 0 Å².